The number of amides is 1. The summed E-state index contributed by atoms with van der Waals surface area (Å²) >= 11 is 0. The summed E-state index contributed by atoms with van der Waals surface area (Å²) < 4.78 is 38.3. The fourth-order valence-corrected chi connectivity index (χ4v) is 3.38. The molecule has 7 nitrogen and oxygen atoms in total. The Morgan fingerprint density at radius 2 is 2.10 bits per heavy atom. The summed E-state index contributed by atoms with van der Waals surface area (Å²) in [6, 6.07) is 7.71. The van der Waals surface area contributed by atoms with Gasteiger partial charge in [-0.2, -0.15) is 5.10 Å². The van der Waals surface area contributed by atoms with Crippen LogP contribution in [0.15, 0.2) is 36.5 Å². The van der Waals surface area contributed by atoms with Gasteiger partial charge >= 0.3 is 0 Å². The number of methoxy groups -OCH3 is 1. The summed E-state index contributed by atoms with van der Waals surface area (Å²) in [6.45, 7) is 1.39. The molecule has 0 spiro atoms. The zero-order valence-electron chi connectivity index (χ0n) is 15.8. The van der Waals surface area contributed by atoms with Crippen LogP contribution in [-0.4, -0.2) is 41.0 Å². The molecule has 0 bridgehead atoms. The van der Waals surface area contributed by atoms with E-state index in [-0.39, 0.29) is 17.4 Å². The highest BCUT2D eigenvalue weighted by Gasteiger charge is 2.20. The lowest BCUT2D eigenvalue weighted by atomic mass is 10.1. The van der Waals surface area contributed by atoms with Gasteiger partial charge in [0, 0.05) is 30.9 Å². The molecule has 0 unspecified atom stereocenters. The number of fused-ring (bicyclic) bond motifs is 1. The number of anilines is 1. The third-order valence-electron chi connectivity index (χ3n) is 4.89. The van der Waals surface area contributed by atoms with Crippen molar-refractivity contribution >= 4 is 22.6 Å². The lowest BCUT2D eigenvalue weighted by molar-refractivity contribution is 0.0664. The fraction of sp³-hybridized carbons (Fsp3) is 0.350. The van der Waals surface area contributed by atoms with E-state index in [4.69, 9.17) is 9.47 Å². The Morgan fingerprint density at radius 1 is 1.31 bits per heavy atom. The molecule has 152 valence electrons. The summed E-state index contributed by atoms with van der Waals surface area (Å²) in [5, 5.41) is 7.96. The minimum absolute atomic E-state index is 0.0489. The van der Waals surface area contributed by atoms with Gasteiger partial charge in [-0.25, -0.2) is 13.8 Å². The van der Waals surface area contributed by atoms with Crippen LogP contribution >= 0.6 is 0 Å². The highest BCUT2D eigenvalue weighted by molar-refractivity contribution is 6.08. The van der Waals surface area contributed by atoms with E-state index in [9.17, 15) is 13.6 Å². The molecule has 0 aliphatic carbocycles. The number of carbonyl (C=O) groups excluding carboxylic acids is 1. The molecular weight excluding hydrogens is 382 g/mol. The van der Waals surface area contributed by atoms with Crippen LogP contribution in [0.25, 0.3) is 10.9 Å². The summed E-state index contributed by atoms with van der Waals surface area (Å²) in [7, 11) is 1.46. The summed E-state index contributed by atoms with van der Waals surface area (Å²) in [5.74, 6) is -0.105. The largest absolute Gasteiger partial charge is 0.496 e. The zero-order chi connectivity index (χ0) is 20.4. The van der Waals surface area contributed by atoms with E-state index < -0.39 is 18.0 Å². The Kier molecular flexibility index (Phi) is 5.39. The maximum atomic E-state index is 12.8. The maximum absolute atomic E-state index is 12.8. The van der Waals surface area contributed by atoms with Crippen LogP contribution in [0.3, 0.4) is 0 Å². The van der Waals surface area contributed by atoms with Crippen molar-refractivity contribution in [2.24, 2.45) is 0 Å². The second-order valence-electron chi connectivity index (χ2n) is 6.77. The number of halogens is 2. The standard InChI is InChI=1S/C20H20F2N4O3/c1-28-17-10-16-12(11-26(25-16)13-5-7-29-8-6-13)9-14(17)20(27)24-18-4-2-3-15(23-18)19(21)22/h2-4,9-11,13,19H,5-8H2,1H3,(H,23,24,27). The highest BCUT2D eigenvalue weighted by Crippen LogP contribution is 2.29. The smallest absolute Gasteiger partial charge is 0.280 e. The molecule has 3 heterocycles. The van der Waals surface area contributed by atoms with Crippen molar-refractivity contribution in [1.82, 2.24) is 14.8 Å². The first-order valence-corrected chi connectivity index (χ1v) is 9.26. The van der Waals surface area contributed by atoms with Crippen molar-refractivity contribution in [2.45, 2.75) is 25.3 Å². The Bertz CT molecular complexity index is 1030. The summed E-state index contributed by atoms with van der Waals surface area (Å²) in [5.41, 5.74) is 0.585. The van der Waals surface area contributed by atoms with Gasteiger partial charge in [-0.15, -0.1) is 0 Å². The second kappa shape index (κ2) is 8.12. The highest BCUT2D eigenvalue weighted by atomic mass is 19.3. The van der Waals surface area contributed by atoms with Gasteiger partial charge in [0.2, 0.25) is 0 Å². The predicted octanol–water partition coefficient (Wildman–Crippen LogP) is 3.98. The first kappa shape index (κ1) is 19.3. The third-order valence-corrected chi connectivity index (χ3v) is 4.89. The average molecular weight is 402 g/mol. The van der Waals surface area contributed by atoms with Crippen LogP contribution in [0.2, 0.25) is 0 Å². The van der Waals surface area contributed by atoms with E-state index in [0.29, 0.717) is 24.5 Å². The third kappa shape index (κ3) is 4.04. The molecule has 3 aromatic rings. The van der Waals surface area contributed by atoms with E-state index >= 15 is 0 Å². The molecule has 1 aliphatic heterocycles. The van der Waals surface area contributed by atoms with E-state index in [1.807, 2.05) is 10.9 Å². The van der Waals surface area contributed by atoms with Crippen molar-refractivity contribution in [3.8, 4) is 5.75 Å². The van der Waals surface area contributed by atoms with Gasteiger partial charge in [-0.1, -0.05) is 6.07 Å². The van der Waals surface area contributed by atoms with Crippen molar-refractivity contribution in [3.63, 3.8) is 0 Å². The molecule has 1 aliphatic rings. The molecule has 1 saturated heterocycles. The van der Waals surface area contributed by atoms with Gasteiger partial charge in [-0.3, -0.25) is 9.48 Å². The number of hydrogen-bond acceptors (Lipinski definition) is 5. The SMILES string of the molecule is COc1cc2nn(C3CCOCC3)cc2cc1C(=O)Nc1cccc(C(F)F)n1. The number of pyridine rings is 1. The van der Waals surface area contributed by atoms with Crippen LogP contribution in [0.4, 0.5) is 14.6 Å². The molecule has 29 heavy (non-hydrogen) atoms. The minimum Gasteiger partial charge on any atom is -0.496 e. The lowest BCUT2D eigenvalue weighted by Crippen LogP contribution is -2.19. The Hall–Kier alpha value is -3.07. The van der Waals surface area contributed by atoms with Gasteiger partial charge in [0.05, 0.1) is 24.2 Å². The van der Waals surface area contributed by atoms with Crippen LogP contribution < -0.4 is 10.1 Å². The number of alkyl halides is 2. The molecule has 1 amide bonds. The lowest BCUT2D eigenvalue weighted by Gasteiger charge is -2.22. The van der Waals surface area contributed by atoms with E-state index in [2.05, 4.69) is 15.4 Å². The summed E-state index contributed by atoms with van der Waals surface area (Å²) in [4.78, 5) is 16.5. The number of carbonyl (C=O) groups is 1. The molecule has 4 rings (SSSR count). The monoisotopic (exact) mass is 402 g/mol. The molecule has 9 heteroatoms. The van der Waals surface area contributed by atoms with Crippen molar-refractivity contribution in [1.29, 1.82) is 0 Å². The van der Waals surface area contributed by atoms with Gasteiger partial charge in [-0.05, 0) is 31.0 Å². The maximum Gasteiger partial charge on any atom is 0.280 e. The van der Waals surface area contributed by atoms with Crippen molar-refractivity contribution in [3.05, 3.63) is 47.8 Å². The van der Waals surface area contributed by atoms with E-state index in [1.54, 1.807) is 12.1 Å². The number of nitrogens with zero attached hydrogens (tertiary/aromatic N) is 3. The number of benzene rings is 1. The van der Waals surface area contributed by atoms with Gasteiger partial charge < -0.3 is 14.8 Å². The molecule has 0 atom stereocenters. The molecule has 1 fully saturated rings. The normalized spacial score (nSPS) is 15.0. The second-order valence-corrected chi connectivity index (χ2v) is 6.77. The van der Waals surface area contributed by atoms with Crippen LogP contribution in [0, 0.1) is 0 Å². The van der Waals surface area contributed by atoms with E-state index in [1.165, 1.54) is 25.3 Å². The average Bonchev–Trinajstić information content (AvgIpc) is 3.16. The number of rotatable bonds is 5. The first-order chi connectivity index (χ1) is 14.0. The molecule has 0 saturated carbocycles. The van der Waals surface area contributed by atoms with Crippen LogP contribution in [0.5, 0.6) is 5.75 Å². The number of nitrogens with one attached hydrogen (secondary N) is 1. The molecule has 1 aromatic carbocycles. The fourth-order valence-electron chi connectivity index (χ4n) is 3.38. The van der Waals surface area contributed by atoms with Gasteiger partial charge in [0.25, 0.3) is 12.3 Å². The van der Waals surface area contributed by atoms with Crippen molar-refractivity contribution in [2.75, 3.05) is 25.6 Å². The quantitative estimate of drug-likeness (QED) is 0.698. The molecule has 2 aromatic heterocycles. The Morgan fingerprint density at radius 3 is 2.83 bits per heavy atom. The molecule has 1 N–H and O–H groups in total. The van der Waals surface area contributed by atoms with Crippen LogP contribution in [0.1, 0.15) is 41.4 Å². The van der Waals surface area contributed by atoms with Gasteiger partial charge in [0.15, 0.2) is 0 Å². The van der Waals surface area contributed by atoms with Crippen molar-refractivity contribution < 1.29 is 23.0 Å². The molecule has 0 radical (unpaired) electrons. The number of hydrogen-bond donors (Lipinski definition) is 1. The predicted molar refractivity (Wildman–Crippen MR) is 103 cm³/mol. The van der Waals surface area contributed by atoms with Gasteiger partial charge in [0.1, 0.15) is 17.3 Å². The summed E-state index contributed by atoms with van der Waals surface area (Å²) in [6.07, 6.45) is 0.945. The van der Waals surface area contributed by atoms with E-state index in [0.717, 1.165) is 18.2 Å². The number of aromatic nitrogens is 3. The Labute approximate surface area is 165 Å². The number of ether oxygens (including phenoxy) is 2. The first-order valence-electron chi connectivity index (χ1n) is 9.26. The Balaban J connectivity index is 1.63. The minimum atomic E-state index is -2.71. The zero-order valence-corrected chi connectivity index (χ0v) is 15.8. The van der Waals surface area contributed by atoms with Crippen LogP contribution in [-0.2, 0) is 4.74 Å². The topological polar surface area (TPSA) is 78.3 Å². The molecular formula is C20H20F2N4O3.